The second-order valence-electron chi connectivity index (χ2n) is 3.47. The van der Waals surface area contributed by atoms with Crippen LogP contribution in [0.1, 0.15) is 24.2 Å². The molecule has 6 nitrogen and oxygen atoms in total. The lowest BCUT2D eigenvalue weighted by Crippen LogP contribution is -2.31. The molecular formula is C10H13ClN6. The van der Waals surface area contributed by atoms with Gasteiger partial charge in [-0.3, -0.25) is 10.5 Å². The smallest absolute Gasteiger partial charge is 0.0909 e. The van der Waals surface area contributed by atoms with E-state index < -0.39 is 0 Å². The summed E-state index contributed by atoms with van der Waals surface area (Å²) in [5.41, 5.74) is 4.44. The summed E-state index contributed by atoms with van der Waals surface area (Å²) in [7, 11) is 0. The Balaban J connectivity index is 2.45. The molecule has 2 heterocycles. The highest BCUT2D eigenvalue weighted by Crippen LogP contribution is 2.26. The van der Waals surface area contributed by atoms with E-state index in [1.54, 1.807) is 23.3 Å². The van der Waals surface area contributed by atoms with Gasteiger partial charge in [-0.1, -0.05) is 11.6 Å². The third-order valence-electron chi connectivity index (χ3n) is 2.51. The van der Waals surface area contributed by atoms with Crippen molar-refractivity contribution in [1.82, 2.24) is 25.4 Å². The minimum atomic E-state index is -0.250. The molecule has 0 aromatic carbocycles. The third kappa shape index (κ3) is 2.28. The predicted molar refractivity (Wildman–Crippen MR) is 64.1 cm³/mol. The Bertz CT molecular complexity index is 483. The minimum absolute atomic E-state index is 0.250. The van der Waals surface area contributed by atoms with E-state index in [1.807, 2.05) is 13.0 Å². The van der Waals surface area contributed by atoms with Crippen molar-refractivity contribution in [3.63, 3.8) is 0 Å². The lowest BCUT2D eigenvalue weighted by molar-refractivity contribution is 0.542. The van der Waals surface area contributed by atoms with Crippen molar-refractivity contribution >= 4 is 11.6 Å². The highest BCUT2D eigenvalue weighted by molar-refractivity contribution is 6.31. The Labute approximate surface area is 104 Å². The molecule has 7 heteroatoms. The van der Waals surface area contributed by atoms with E-state index in [4.69, 9.17) is 17.4 Å². The number of nitrogens with two attached hydrogens (primary N) is 1. The van der Waals surface area contributed by atoms with Crippen molar-refractivity contribution in [2.75, 3.05) is 0 Å². The van der Waals surface area contributed by atoms with Crippen molar-refractivity contribution in [2.45, 2.75) is 19.5 Å². The number of hydrogen-bond acceptors (Lipinski definition) is 5. The first-order valence-electron chi connectivity index (χ1n) is 5.21. The first kappa shape index (κ1) is 12.0. The maximum Gasteiger partial charge on any atom is 0.0909 e. The number of halogens is 1. The van der Waals surface area contributed by atoms with Crippen molar-refractivity contribution < 1.29 is 0 Å². The van der Waals surface area contributed by atoms with E-state index >= 15 is 0 Å². The fraction of sp³-hybridized carbons (Fsp3) is 0.300. The lowest BCUT2D eigenvalue weighted by atomic mass is 10.1. The maximum atomic E-state index is 6.13. The number of nitrogens with one attached hydrogen (secondary N) is 1. The molecule has 0 bridgehead atoms. The highest BCUT2D eigenvalue weighted by Gasteiger charge is 2.20. The first-order chi connectivity index (χ1) is 8.27. The summed E-state index contributed by atoms with van der Waals surface area (Å²) < 4.78 is 1.80. The van der Waals surface area contributed by atoms with E-state index in [0.29, 0.717) is 5.02 Å². The fourth-order valence-corrected chi connectivity index (χ4v) is 1.97. The largest absolute Gasteiger partial charge is 0.271 e. The molecule has 0 aliphatic carbocycles. The number of nitrogens with zero attached hydrogens (tertiary/aromatic N) is 4. The Hall–Kier alpha value is -1.50. The van der Waals surface area contributed by atoms with E-state index in [0.717, 1.165) is 17.8 Å². The minimum Gasteiger partial charge on any atom is -0.271 e. The zero-order valence-electron chi connectivity index (χ0n) is 9.34. The van der Waals surface area contributed by atoms with Crippen LogP contribution in [-0.4, -0.2) is 20.0 Å². The van der Waals surface area contributed by atoms with Gasteiger partial charge in [0.1, 0.15) is 0 Å². The topological polar surface area (TPSA) is 81.7 Å². The van der Waals surface area contributed by atoms with Crippen LogP contribution < -0.4 is 11.3 Å². The van der Waals surface area contributed by atoms with Crippen LogP contribution in [-0.2, 0) is 6.54 Å². The average molecular weight is 253 g/mol. The molecule has 2 aromatic heterocycles. The molecule has 0 saturated heterocycles. The van der Waals surface area contributed by atoms with Crippen LogP contribution in [0.3, 0.4) is 0 Å². The zero-order chi connectivity index (χ0) is 12.3. The van der Waals surface area contributed by atoms with E-state index in [1.165, 1.54) is 0 Å². The summed E-state index contributed by atoms with van der Waals surface area (Å²) in [6.45, 7) is 2.71. The molecule has 0 aliphatic rings. The van der Waals surface area contributed by atoms with E-state index in [9.17, 15) is 0 Å². The second kappa shape index (κ2) is 5.22. The monoisotopic (exact) mass is 252 g/mol. The normalized spacial score (nSPS) is 12.6. The number of aromatic nitrogens is 4. The second-order valence-corrected chi connectivity index (χ2v) is 3.88. The van der Waals surface area contributed by atoms with Crippen molar-refractivity contribution in [2.24, 2.45) is 5.84 Å². The fourth-order valence-electron chi connectivity index (χ4n) is 1.72. The molecule has 3 N–H and O–H groups in total. The van der Waals surface area contributed by atoms with Crippen molar-refractivity contribution in [1.29, 1.82) is 0 Å². The molecule has 0 spiro atoms. The van der Waals surface area contributed by atoms with Crippen LogP contribution in [0.25, 0.3) is 0 Å². The highest BCUT2D eigenvalue weighted by atomic mass is 35.5. The SMILES string of the molecule is CCn1ncc(Cl)c1C(NN)c1ccnnc1. The zero-order valence-corrected chi connectivity index (χ0v) is 10.1. The van der Waals surface area contributed by atoms with Crippen LogP contribution in [0.5, 0.6) is 0 Å². The van der Waals surface area contributed by atoms with Gasteiger partial charge in [-0.05, 0) is 18.6 Å². The molecule has 0 amide bonds. The Kier molecular flexibility index (Phi) is 3.68. The number of aryl methyl sites for hydroxylation is 1. The summed E-state index contributed by atoms with van der Waals surface area (Å²) in [6, 6.07) is 1.58. The maximum absolute atomic E-state index is 6.13. The molecule has 90 valence electrons. The number of rotatable bonds is 4. The van der Waals surface area contributed by atoms with Crippen molar-refractivity contribution in [3.05, 3.63) is 40.9 Å². The molecule has 0 saturated carbocycles. The van der Waals surface area contributed by atoms with E-state index in [2.05, 4.69) is 20.7 Å². The first-order valence-corrected chi connectivity index (χ1v) is 5.59. The van der Waals surface area contributed by atoms with Crippen LogP contribution in [0, 0.1) is 0 Å². The standard InChI is InChI=1S/C10H13ClN6/c1-2-17-10(8(11)6-15-17)9(16-12)7-3-4-13-14-5-7/h3-6,9,16H,2,12H2,1H3. The summed E-state index contributed by atoms with van der Waals surface area (Å²) in [5, 5.41) is 12.3. The van der Waals surface area contributed by atoms with Gasteiger partial charge in [0, 0.05) is 12.7 Å². The summed E-state index contributed by atoms with van der Waals surface area (Å²) in [6.07, 6.45) is 4.87. The van der Waals surface area contributed by atoms with Crippen LogP contribution in [0.4, 0.5) is 0 Å². The predicted octanol–water partition coefficient (Wildman–Crippen LogP) is 0.899. The van der Waals surface area contributed by atoms with E-state index in [-0.39, 0.29) is 6.04 Å². The van der Waals surface area contributed by atoms with Gasteiger partial charge in [-0.15, -0.1) is 0 Å². The van der Waals surface area contributed by atoms with Crippen molar-refractivity contribution in [3.8, 4) is 0 Å². The van der Waals surface area contributed by atoms with Crippen LogP contribution in [0.15, 0.2) is 24.7 Å². The van der Waals surface area contributed by atoms with Gasteiger partial charge >= 0.3 is 0 Å². The molecular weight excluding hydrogens is 240 g/mol. The number of hydrogen-bond donors (Lipinski definition) is 2. The van der Waals surface area contributed by atoms with Gasteiger partial charge in [-0.25, -0.2) is 5.43 Å². The molecule has 1 unspecified atom stereocenters. The van der Waals surface area contributed by atoms with Gasteiger partial charge in [0.25, 0.3) is 0 Å². The molecule has 0 aliphatic heterocycles. The van der Waals surface area contributed by atoms with Gasteiger partial charge in [0.05, 0.1) is 29.2 Å². The summed E-state index contributed by atoms with van der Waals surface area (Å²) in [5.74, 6) is 5.59. The third-order valence-corrected chi connectivity index (χ3v) is 2.80. The van der Waals surface area contributed by atoms with Crippen LogP contribution >= 0.6 is 11.6 Å². The molecule has 2 rings (SSSR count). The Morgan fingerprint density at radius 2 is 2.29 bits per heavy atom. The van der Waals surface area contributed by atoms with Crippen LogP contribution in [0.2, 0.25) is 5.02 Å². The number of hydrazine groups is 1. The van der Waals surface area contributed by atoms with Gasteiger partial charge < -0.3 is 0 Å². The quantitative estimate of drug-likeness (QED) is 0.624. The summed E-state index contributed by atoms with van der Waals surface area (Å²) >= 11 is 6.13. The summed E-state index contributed by atoms with van der Waals surface area (Å²) in [4.78, 5) is 0. The average Bonchev–Trinajstić information content (AvgIpc) is 2.74. The Morgan fingerprint density at radius 1 is 1.47 bits per heavy atom. The molecule has 1 atom stereocenters. The molecule has 17 heavy (non-hydrogen) atoms. The van der Waals surface area contributed by atoms with Gasteiger partial charge in [-0.2, -0.15) is 15.3 Å². The van der Waals surface area contributed by atoms with Gasteiger partial charge in [0.2, 0.25) is 0 Å². The van der Waals surface area contributed by atoms with Gasteiger partial charge in [0.15, 0.2) is 0 Å². The lowest BCUT2D eigenvalue weighted by Gasteiger charge is -2.17. The molecule has 0 fully saturated rings. The Morgan fingerprint density at radius 3 is 2.88 bits per heavy atom. The molecule has 2 aromatic rings. The molecule has 0 radical (unpaired) electrons.